The molecule has 0 aliphatic carbocycles. The Kier molecular flexibility index (Phi) is 6.15. The number of primary amides is 1. The van der Waals surface area contributed by atoms with Gasteiger partial charge in [0.05, 0.1) is 17.0 Å². The van der Waals surface area contributed by atoms with Crippen LogP contribution in [0.2, 0.25) is 0 Å². The van der Waals surface area contributed by atoms with Gasteiger partial charge in [0.1, 0.15) is 18.5 Å². The lowest BCUT2D eigenvalue weighted by molar-refractivity contribution is -0.125. The molecular weight excluding hydrogens is 270 g/mol. The second-order valence-corrected chi connectivity index (χ2v) is 5.48. The topological polar surface area (TPSA) is 108 Å². The molecule has 1 aromatic rings. The fourth-order valence-corrected chi connectivity index (χ4v) is 1.52. The van der Waals surface area contributed by atoms with Crippen LogP contribution in [0.1, 0.15) is 19.4 Å². The summed E-state index contributed by atoms with van der Waals surface area (Å²) in [6.07, 6.45) is -0.704. The van der Waals surface area contributed by atoms with Gasteiger partial charge < -0.3 is 20.9 Å². The number of amides is 1. The first-order chi connectivity index (χ1) is 9.85. The molecule has 21 heavy (non-hydrogen) atoms. The molecule has 0 saturated carbocycles. The summed E-state index contributed by atoms with van der Waals surface area (Å²) in [7, 11) is 0. The Hall–Kier alpha value is -2.10. The van der Waals surface area contributed by atoms with E-state index < -0.39 is 17.4 Å². The molecule has 0 aromatic heterocycles. The van der Waals surface area contributed by atoms with Crippen molar-refractivity contribution in [2.24, 2.45) is 11.1 Å². The number of aliphatic hydroxyl groups is 1. The predicted octanol–water partition coefficient (Wildman–Crippen LogP) is 0.399. The molecule has 0 bridgehead atoms. The summed E-state index contributed by atoms with van der Waals surface area (Å²) in [5.41, 5.74) is 5.15. The van der Waals surface area contributed by atoms with E-state index in [-0.39, 0.29) is 6.61 Å². The van der Waals surface area contributed by atoms with Crippen molar-refractivity contribution < 1.29 is 14.6 Å². The number of carbonyl (C=O) groups excluding carboxylic acids is 1. The van der Waals surface area contributed by atoms with E-state index >= 15 is 0 Å². The van der Waals surface area contributed by atoms with Crippen LogP contribution < -0.4 is 15.8 Å². The van der Waals surface area contributed by atoms with Gasteiger partial charge in [-0.2, -0.15) is 5.26 Å². The van der Waals surface area contributed by atoms with Crippen LogP contribution in [0.5, 0.6) is 5.75 Å². The normalized spacial score (nSPS) is 12.5. The van der Waals surface area contributed by atoms with Crippen molar-refractivity contribution in [3.63, 3.8) is 0 Å². The fraction of sp³-hybridized carbons (Fsp3) is 0.467. The Morgan fingerprint density at radius 3 is 2.62 bits per heavy atom. The standard InChI is InChI=1S/C15H21N3O3/c1-15(2,14(17)20)10-18-8-12(19)9-21-13-5-3-11(7-16)4-6-13/h3-6,12,18-19H,8-10H2,1-2H3,(H2,17,20). The van der Waals surface area contributed by atoms with Gasteiger partial charge in [0, 0.05) is 13.1 Å². The Bertz CT molecular complexity index is 506. The van der Waals surface area contributed by atoms with Crippen LogP contribution in [0.3, 0.4) is 0 Å². The molecule has 1 unspecified atom stereocenters. The van der Waals surface area contributed by atoms with Gasteiger partial charge >= 0.3 is 0 Å². The first-order valence-corrected chi connectivity index (χ1v) is 6.67. The molecule has 1 aromatic carbocycles. The molecule has 6 heteroatoms. The number of hydrogen-bond acceptors (Lipinski definition) is 5. The van der Waals surface area contributed by atoms with Crippen LogP contribution in [-0.2, 0) is 4.79 Å². The number of nitrogens with two attached hydrogens (primary N) is 1. The lowest BCUT2D eigenvalue weighted by Gasteiger charge is -2.22. The van der Waals surface area contributed by atoms with E-state index in [2.05, 4.69) is 5.32 Å². The summed E-state index contributed by atoms with van der Waals surface area (Å²) in [6.45, 7) is 4.28. The average Bonchev–Trinajstić information content (AvgIpc) is 2.45. The zero-order chi connectivity index (χ0) is 15.9. The highest BCUT2D eigenvalue weighted by molar-refractivity contribution is 5.80. The summed E-state index contributed by atoms with van der Waals surface area (Å²) in [5, 5.41) is 21.5. The minimum Gasteiger partial charge on any atom is -0.491 e. The SMILES string of the molecule is CC(C)(CNCC(O)COc1ccc(C#N)cc1)C(N)=O. The van der Waals surface area contributed by atoms with Gasteiger partial charge in [0.25, 0.3) is 0 Å². The molecule has 0 saturated heterocycles. The lowest BCUT2D eigenvalue weighted by Crippen LogP contribution is -2.43. The second-order valence-electron chi connectivity index (χ2n) is 5.48. The zero-order valence-corrected chi connectivity index (χ0v) is 12.3. The quantitative estimate of drug-likeness (QED) is 0.642. The van der Waals surface area contributed by atoms with E-state index in [0.29, 0.717) is 24.4 Å². The van der Waals surface area contributed by atoms with Gasteiger partial charge in [0.15, 0.2) is 0 Å². The minimum absolute atomic E-state index is 0.121. The Balaban J connectivity index is 2.29. The molecule has 0 fully saturated rings. The highest BCUT2D eigenvalue weighted by Gasteiger charge is 2.24. The molecule has 1 rings (SSSR count). The van der Waals surface area contributed by atoms with E-state index in [1.54, 1.807) is 38.1 Å². The van der Waals surface area contributed by atoms with Crippen molar-refractivity contribution in [3.8, 4) is 11.8 Å². The number of carbonyl (C=O) groups is 1. The number of nitriles is 1. The first kappa shape index (κ1) is 17.0. The smallest absolute Gasteiger partial charge is 0.224 e. The molecule has 114 valence electrons. The Morgan fingerprint density at radius 2 is 2.10 bits per heavy atom. The highest BCUT2D eigenvalue weighted by Crippen LogP contribution is 2.13. The summed E-state index contributed by atoms with van der Waals surface area (Å²) >= 11 is 0. The summed E-state index contributed by atoms with van der Waals surface area (Å²) in [5.74, 6) is 0.198. The van der Waals surface area contributed by atoms with E-state index in [1.807, 2.05) is 6.07 Å². The number of rotatable bonds is 8. The molecular formula is C15H21N3O3. The number of ether oxygens (including phenoxy) is 1. The fourth-order valence-electron chi connectivity index (χ4n) is 1.52. The summed E-state index contributed by atoms with van der Waals surface area (Å²) in [6, 6.07) is 8.66. The van der Waals surface area contributed by atoms with Gasteiger partial charge in [-0.25, -0.2) is 0 Å². The maximum Gasteiger partial charge on any atom is 0.224 e. The number of nitrogens with one attached hydrogen (secondary N) is 1. The van der Waals surface area contributed by atoms with Crippen LogP contribution in [0.4, 0.5) is 0 Å². The third-order valence-electron chi connectivity index (χ3n) is 3.04. The van der Waals surface area contributed by atoms with Crippen molar-refractivity contribution in [1.82, 2.24) is 5.32 Å². The molecule has 0 aliphatic heterocycles. The van der Waals surface area contributed by atoms with Crippen molar-refractivity contribution in [2.45, 2.75) is 20.0 Å². The third-order valence-corrected chi connectivity index (χ3v) is 3.04. The van der Waals surface area contributed by atoms with Crippen molar-refractivity contribution >= 4 is 5.91 Å². The highest BCUT2D eigenvalue weighted by atomic mass is 16.5. The molecule has 0 spiro atoms. The number of nitrogens with zero attached hydrogens (tertiary/aromatic N) is 1. The molecule has 0 radical (unpaired) electrons. The van der Waals surface area contributed by atoms with Crippen molar-refractivity contribution in [1.29, 1.82) is 5.26 Å². The molecule has 0 aliphatic rings. The van der Waals surface area contributed by atoms with Crippen LogP contribution in [-0.4, -0.2) is 36.8 Å². The summed E-state index contributed by atoms with van der Waals surface area (Å²) in [4.78, 5) is 11.1. The minimum atomic E-state index is -0.704. The van der Waals surface area contributed by atoms with Gasteiger partial charge in [-0.05, 0) is 38.1 Å². The zero-order valence-electron chi connectivity index (χ0n) is 12.3. The number of hydrogen-bond donors (Lipinski definition) is 3. The lowest BCUT2D eigenvalue weighted by atomic mass is 9.93. The maximum absolute atomic E-state index is 11.1. The molecule has 4 N–H and O–H groups in total. The van der Waals surface area contributed by atoms with Crippen LogP contribution in [0.25, 0.3) is 0 Å². The summed E-state index contributed by atoms with van der Waals surface area (Å²) < 4.78 is 5.41. The average molecular weight is 291 g/mol. The molecule has 6 nitrogen and oxygen atoms in total. The van der Waals surface area contributed by atoms with Gasteiger partial charge in [-0.3, -0.25) is 4.79 Å². The van der Waals surface area contributed by atoms with Crippen LogP contribution in [0.15, 0.2) is 24.3 Å². The molecule has 1 amide bonds. The Labute approximate surface area is 124 Å². The van der Waals surface area contributed by atoms with Gasteiger partial charge in [0.2, 0.25) is 5.91 Å². The van der Waals surface area contributed by atoms with E-state index in [1.165, 1.54) is 0 Å². The van der Waals surface area contributed by atoms with Gasteiger partial charge in [-0.1, -0.05) is 0 Å². The van der Waals surface area contributed by atoms with Gasteiger partial charge in [-0.15, -0.1) is 0 Å². The second kappa shape index (κ2) is 7.62. The maximum atomic E-state index is 11.1. The Morgan fingerprint density at radius 1 is 1.48 bits per heavy atom. The largest absolute Gasteiger partial charge is 0.491 e. The predicted molar refractivity (Wildman–Crippen MR) is 78.5 cm³/mol. The van der Waals surface area contributed by atoms with Crippen LogP contribution >= 0.6 is 0 Å². The number of aliphatic hydroxyl groups excluding tert-OH is 1. The third kappa shape index (κ3) is 5.81. The van der Waals surface area contributed by atoms with E-state index in [4.69, 9.17) is 15.7 Å². The molecule has 1 atom stereocenters. The molecule has 0 heterocycles. The van der Waals surface area contributed by atoms with E-state index in [9.17, 15) is 9.90 Å². The van der Waals surface area contributed by atoms with E-state index in [0.717, 1.165) is 0 Å². The van der Waals surface area contributed by atoms with Crippen molar-refractivity contribution in [3.05, 3.63) is 29.8 Å². The van der Waals surface area contributed by atoms with Crippen LogP contribution in [0, 0.1) is 16.7 Å². The monoisotopic (exact) mass is 291 g/mol. The number of benzene rings is 1. The first-order valence-electron chi connectivity index (χ1n) is 6.67. The van der Waals surface area contributed by atoms with Crippen molar-refractivity contribution in [2.75, 3.05) is 19.7 Å².